The first-order chi connectivity index (χ1) is 3.66. The van der Waals surface area contributed by atoms with Gasteiger partial charge in [-0.15, -0.1) is 11.6 Å². The van der Waals surface area contributed by atoms with E-state index in [-0.39, 0.29) is 5.88 Å². The van der Waals surface area contributed by atoms with Crippen LogP contribution in [0.2, 0.25) is 0 Å². The van der Waals surface area contributed by atoms with Crippen LogP contribution in [0.5, 0.6) is 0 Å². The highest BCUT2D eigenvalue weighted by Crippen LogP contribution is 1.87. The van der Waals surface area contributed by atoms with Crippen LogP contribution in [0.1, 0.15) is 0 Å². The molecular weight excluding hydrogens is 154 g/mol. The Morgan fingerprint density at radius 2 is 2.50 bits per heavy atom. The quantitative estimate of drug-likeness (QED) is 0.336. The number of alkyl halides is 1. The van der Waals surface area contributed by atoms with E-state index in [1.165, 1.54) is 0 Å². The molecule has 50 valence electrons. The van der Waals surface area contributed by atoms with Crippen LogP contribution in [0.15, 0.2) is 0 Å². The van der Waals surface area contributed by atoms with Gasteiger partial charge in [0.1, 0.15) is 6.23 Å². The molecule has 8 heavy (non-hydrogen) atoms. The Kier molecular flexibility index (Phi) is 4.39. The molecule has 0 heterocycles. The second kappa shape index (κ2) is 4.22. The smallest absolute Gasteiger partial charge is 0.135 e. The van der Waals surface area contributed by atoms with E-state index >= 15 is 0 Å². The van der Waals surface area contributed by atoms with Gasteiger partial charge in [-0.05, 0) is 0 Å². The SMILES string of the molecule is NC(CCl)OS(=O)[O-]. The van der Waals surface area contributed by atoms with Crippen molar-refractivity contribution in [3.05, 3.63) is 0 Å². The first-order valence-electron chi connectivity index (χ1n) is 1.74. The number of hydrogen-bond donors (Lipinski definition) is 1. The number of hydrogen-bond acceptors (Lipinski definition) is 4. The molecule has 2 N–H and O–H groups in total. The monoisotopic (exact) mass is 158 g/mol. The van der Waals surface area contributed by atoms with Crippen LogP contribution >= 0.6 is 11.6 Å². The van der Waals surface area contributed by atoms with E-state index in [0.29, 0.717) is 0 Å². The molecule has 0 rings (SSSR count). The van der Waals surface area contributed by atoms with Gasteiger partial charge in [-0.25, -0.2) is 4.21 Å². The van der Waals surface area contributed by atoms with E-state index in [1.54, 1.807) is 0 Å². The molecule has 0 aliphatic rings. The lowest BCUT2D eigenvalue weighted by Crippen LogP contribution is -2.26. The summed E-state index contributed by atoms with van der Waals surface area (Å²) in [6.45, 7) is 0. The molecule has 0 bridgehead atoms. The third-order valence-electron chi connectivity index (χ3n) is 0.354. The number of halogens is 1. The fraction of sp³-hybridized carbons (Fsp3) is 1.00. The number of nitrogens with two attached hydrogens (primary N) is 1. The molecule has 0 saturated carbocycles. The van der Waals surface area contributed by atoms with Gasteiger partial charge in [0.05, 0.1) is 17.2 Å². The second-order valence-corrected chi connectivity index (χ2v) is 1.90. The summed E-state index contributed by atoms with van der Waals surface area (Å²) in [7, 11) is 0. The minimum atomic E-state index is -2.55. The van der Waals surface area contributed by atoms with Crippen molar-refractivity contribution < 1.29 is 12.9 Å². The Hall–Kier alpha value is 0.320. The summed E-state index contributed by atoms with van der Waals surface area (Å²) in [6.07, 6.45) is -0.921. The standard InChI is InChI=1S/C2H6ClNO3S/c3-1-2(4)7-8(5)6/h2H,1,4H2,(H,5,6)/p-1. The first-order valence-corrected chi connectivity index (χ1v) is 3.28. The molecule has 0 aliphatic carbocycles. The van der Waals surface area contributed by atoms with Crippen LogP contribution < -0.4 is 5.73 Å². The van der Waals surface area contributed by atoms with Crippen molar-refractivity contribution in [1.29, 1.82) is 0 Å². The summed E-state index contributed by atoms with van der Waals surface area (Å²) in [5.41, 5.74) is 4.93. The van der Waals surface area contributed by atoms with Gasteiger partial charge >= 0.3 is 0 Å². The van der Waals surface area contributed by atoms with E-state index < -0.39 is 17.6 Å². The normalized spacial score (nSPS) is 17.9. The predicted molar refractivity (Wildman–Crippen MR) is 28.7 cm³/mol. The van der Waals surface area contributed by atoms with Gasteiger partial charge in [-0.1, -0.05) is 0 Å². The Bertz CT molecular complexity index is 89.4. The van der Waals surface area contributed by atoms with Crippen molar-refractivity contribution in [2.75, 3.05) is 5.88 Å². The van der Waals surface area contributed by atoms with Gasteiger partial charge in [0.25, 0.3) is 0 Å². The van der Waals surface area contributed by atoms with Gasteiger partial charge in [0.15, 0.2) is 0 Å². The van der Waals surface area contributed by atoms with Crippen LogP contribution in [0.3, 0.4) is 0 Å². The van der Waals surface area contributed by atoms with Crippen molar-refractivity contribution in [2.24, 2.45) is 5.73 Å². The third-order valence-corrected chi connectivity index (χ3v) is 1.06. The van der Waals surface area contributed by atoms with Gasteiger partial charge in [-0.3, -0.25) is 4.18 Å². The lowest BCUT2D eigenvalue weighted by Gasteiger charge is -2.09. The molecule has 0 amide bonds. The Morgan fingerprint density at radius 3 is 2.62 bits per heavy atom. The summed E-state index contributed by atoms with van der Waals surface area (Å²) in [5, 5.41) is 0. The topological polar surface area (TPSA) is 75.4 Å². The van der Waals surface area contributed by atoms with Crippen molar-refractivity contribution in [1.82, 2.24) is 0 Å². The zero-order valence-electron chi connectivity index (χ0n) is 3.87. The zero-order chi connectivity index (χ0) is 6.57. The van der Waals surface area contributed by atoms with Crippen molar-refractivity contribution >= 4 is 23.0 Å². The molecule has 0 radical (unpaired) electrons. The maximum Gasteiger partial charge on any atom is 0.135 e. The van der Waals surface area contributed by atoms with Gasteiger partial charge in [-0.2, -0.15) is 0 Å². The summed E-state index contributed by atoms with van der Waals surface area (Å²) < 4.78 is 23.2. The van der Waals surface area contributed by atoms with Gasteiger partial charge < -0.3 is 10.3 Å². The highest BCUT2D eigenvalue weighted by molar-refractivity contribution is 7.74. The lowest BCUT2D eigenvalue weighted by molar-refractivity contribution is 0.229. The molecule has 6 heteroatoms. The summed E-state index contributed by atoms with van der Waals surface area (Å²) in [4.78, 5) is 0. The summed E-state index contributed by atoms with van der Waals surface area (Å²) in [6, 6.07) is 0. The first kappa shape index (κ1) is 8.32. The number of rotatable bonds is 3. The molecule has 0 saturated heterocycles. The lowest BCUT2D eigenvalue weighted by atomic mass is 10.7. The fourth-order valence-corrected chi connectivity index (χ4v) is 0.534. The molecule has 2 atom stereocenters. The van der Waals surface area contributed by atoms with Crippen molar-refractivity contribution in [3.8, 4) is 0 Å². The van der Waals surface area contributed by atoms with E-state index in [0.717, 1.165) is 0 Å². The van der Waals surface area contributed by atoms with Crippen LogP contribution in [0.25, 0.3) is 0 Å². The fourth-order valence-electron chi connectivity index (χ4n) is 0.127. The Labute approximate surface area is 54.4 Å². The zero-order valence-corrected chi connectivity index (χ0v) is 5.45. The van der Waals surface area contributed by atoms with E-state index in [4.69, 9.17) is 17.3 Å². The van der Waals surface area contributed by atoms with Crippen LogP contribution in [-0.4, -0.2) is 20.9 Å². The molecule has 0 spiro atoms. The molecule has 4 nitrogen and oxygen atoms in total. The molecular formula is C2H5ClNO3S-. The van der Waals surface area contributed by atoms with E-state index in [1.807, 2.05) is 0 Å². The van der Waals surface area contributed by atoms with E-state index in [9.17, 15) is 8.76 Å². The summed E-state index contributed by atoms with van der Waals surface area (Å²) in [5.74, 6) is -0.0337. The van der Waals surface area contributed by atoms with Crippen LogP contribution in [-0.2, 0) is 15.5 Å². The maximum atomic E-state index is 9.61. The minimum absolute atomic E-state index is 0.0337. The van der Waals surface area contributed by atoms with Gasteiger partial charge in [0, 0.05) is 0 Å². The molecule has 0 aromatic carbocycles. The molecule has 0 aliphatic heterocycles. The minimum Gasteiger partial charge on any atom is -0.750 e. The Balaban J connectivity index is 3.24. The third kappa shape index (κ3) is 4.48. The van der Waals surface area contributed by atoms with Crippen LogP contribution in [0.4, 0.5) is 0 Å². The van der Waals surface area contributed by atoms with E-state index in [2.05, 4.69) is 4.18 Å². The largest absolute Gasteiger partial charge is 0.750 e. The maximum absolute atomic E-state index is 9.61. The van der Waals surface area contributed by atoms with Gasteiger partial charge in [0.2, 0.25) is 0 Å². The highest BCUT2D eigenvalue weighted by Gasteiger charge is 1.97. The highest BCUT2D eigenvalue weighted by atomic mass is 35.5. The summed E-state index contributed by atoms with van der Waals surface area (Å²) >= 11 is 2.52. The molecule has 0 aromatic rings. The molecule has 0 fully saturated rings. The average molecular weight is 159 g/mol. The predicted octanol–water partition coefficient (Wildman–Crippen LogP) is -0.679. The average Bonchev–Trinajstić information content (AvgIpc) is 1.65. The molecule has 2 unspecified atom stereocenters. The second-order valence-electron chi connectivity index (χ2n) is 0.993. The molecule has 0 aromatic heterocycles. The van der Waals surface area contributed by atoms with Crippen LogP contribution in [0, 0.1) is 0 Å². The van der Waals surface area contributed by atoms with Crippen molar-refractivity contribution in [2.45, 2.75) is 6.23 Å². The van der Waals surface area contributed by atoms with Crippen molar-refractivity contribution in [3.63, 3.8) is 0 Å². The Morgan fingerprint density at radius 1 is 2.00 bits per heavy atom.